The Kier molecular flexibility index (Phi) is 2.52. The van der Waals surface area contributed by atoms with Crippen molar-refractivity contribution in [1.29, 1.82) is 0 Å². The van der Waals surface area contributed by atoms with Crippen molar-refractivity contribution in [2.45, 2.75) is 12.8 Å². The normalized spacial score (nSPS) is 16.8. The number of methoxy groups -OCH3 is 1. The molecule has 1 aliphatic rings. The van der Waals surface area contributed by atoms with Crippen LogP contribution in [0.1, 0.15) is 12.8 Å². The summed E-state index contributed by atoms with van der Waals surface area (Å²) in [5, 5.41) is 0. The van der Waals surface area contributed by atoms with Crippen LogP contribution >= 0.6 is 0 Å². The highest BCUT2D eigenvalue weighted by Crippen LogP contribution is 2.16. The van der Waals surface area contributed by atoms with Crippen molar-refractivity contribution in [3.05, 3.63) is 23.2 Å². The van der Waals surface area contributed by atoms with Crippen molar-refractivity contribution < 1.29 is 9.53 Å². The molecule has 11 heavy (non-hydrogen) atoms. The van der Waals surface area contributed by atoms with Gasteiger partial charge < -0.3 is 4.74 Å². The molecule has 0 spiro atoms. The third kappa shape index (κ3) is 1.97. The van der Waals surface area contributed by atoms with Gasteiger partial charge in [0.15, 0.2) is 0 Å². The van der Waals surface area contributed by atoms with Gasteiger partial charge in [0.1, 0.15) is 7.85 Å². The molecular weight excluding hydrogens is 139 g/mol. The summed E-state index contributed by atoms with van der Waals surface area (Å²) in [4.78, 5) is 10.9. The standard InChI is InChI=1S/C8H9BO2/c1-11-8(10)6-2-4-7(9)5-3-6/h2,4H,3,5H2,1H3. The molecule has 0 fully saturated rings. The van der Waals surface area contributed by atoms with Crippen molar-refractivity contribution in [2.24, 2.45) is 0 Å². The van der Waals surface area contributed by atoms with Crippen molar-refractivity contribution in [1.82, 2.24) is 0 Å². The second kappa shape index (κ2) is 3.42. The van der Waals surface area contributed by atoms with E-state index in [0.717, 1.165) is 11.9 Å². The molecule has 1 rings (SSSR count). The molecule has 2 nitrogen and oxygen atoms in total. The van der Waals surface area contributed by atoms with Gasteiger partial charge in [0.2, 0.25) is 0 Å². The maximum absolute atomic E-state index is 10.9. The van der Waals surface area contributed by atoms with Crippen molar-refractivity contribution in [3.8, 4) is 0 Å². The Labute approximate surface area is 67.3 Å². The zero-order valence-corrected chi connectivity index (χ0v) is 6.46. The van der Waals surface area contributed by atoms with Gasteiger partial charge in [0, 0.05) is 5.57 Å². The van der Waals surface area contributed by atoms with Gasteiger partial charge in [-0.2, -0.15) is 0 Å². The van der Waals surface area contributed by atoms with E-state index in [2.05, 4.69) is 4.74 Å². The third-order valence-electron chi connectivity index (χ3n) is 1.63. The highest BCUT2D eigenvalue weighted by Gasteiger charge is 2.10. The molecular formula is C8H9BO2. The van der Waals surface area contributed by atoms with Crippen LogP contribution in [-0.4, -0.2) is 20.9 Å². The van der Waals surface area contributed by atoms with Crippen LogP contribution in [-0.2, 0) is 9.53 Å². The predicted octanol–water partition coefficient (Wildman–Crippen LogP) is 0.932. The van der Waals surface area contributed by atoms with Gasteiger partial charge >= 0.3 is 5.97 Å². The Balaban J connectivity index is 2.68. The van der Waals surface area contributed by atoms with Crippen LogP contribution in [0.15, 0.2) is 23.2 Å². The largest absolute Gasteiger partial charge is 0.466 e. The third-order valence-corrected chi connectivity index (χ3v) is 1.63. The number of ether oxygens (including phenoxy) is 1. The zero-order chi connectivity index (χ0) is 8.27. The minimum atomic E-state index is -0.256. The van der Waals surface area contributed by atoms with Gasteiger partial charge in [0.05, 0.1) is 7.11 Å². The number of rotatable bonds is 1. The van der Waals surface area contributed by atoms with E-state index in [0.29, 0.717) is 12.0 Å². The molecule has 0 aromatic rings. The highest BCUT2D eigenvalue weighted by molar-refractivity contribution is 6.22. The summed E-state index contributed by atoms with van der Waals surface area (Å²) in [6, 6.07) is 0. The van der Waals surface area contributed by atoms with Gasteiger partial charge in [0.25, 0.3) is 0 Å². The summed E-state index contributed by atoms with van der Waals surface area (Å²) in [6.07, 6.45) is 4.90. The molecule has 0 saturated carbocycles. The number of carbonyl (C=O) groups excluding carboxylic acids is 1. The summed E-state index contributed by atoms with van der Waals surface area (Å²) in [6.45, 7) is 0. The Morgan fingerprint density at radius 2 is 2.27 bits per heavy atom. The number of hydrogen-bond acceptors (Lipinski definition) is 2. The molecule has 0 heterocycles. The zero-order valence-electron chi connectivity index (χ0n) is 6.46. The molecule has 56 valence electrons. The molecule has 0 N–H and O–H groups in total. The molecule has 0 saturated heterocycles. The number of esters is 1. The first-order valence-corrected chi connectivity index (χ1v) is 3.47. The molecule has 0 atom stereocenters. The lowest BCUT2D eigenvalue weighted by Gasteiger charge is -2.09. The molecule has 0 aliphatic heterocycles. The first kappa shape index (κ1) is 8.11. The lowest BCUT2D eigenvalue weighted by Crippen LogP contribution is -2.07. The Morgan fingerprint density at radius 3 is 2.73 bits per heavy atom. The second-order valence-corrected chi connectivity index (χ2v) is 2.43. The number of hydrogen-bond donors (Lipinski definition) is 0. The summed E-state index contributed by atoms with van der Waals surface area (Å²) in [7, 11) is 6.88. The van der Waals surface area contributed by atoms with Crippen LogP contribution < -0.4 is 0 Å². The molecule has 0 unspecified atom stereocenters. The van der Waals surface area contributed by atoms with Crippen LogP contribution in [0.5, 0.6) is 0 Å². The summed E-state index contributed by atoms with van der Waals surface area (Å²) in [5.41, 5.74) is 1.51. The molecule has 2 radical (unpaired) electrons. The average molecular weight is 148 g/mol. The van der Waals surface area contributed by atoms with Crippen molar-refractivity contribution >= 4 is 13.8 Å². The van der Waals surface area contributed by atoms with E-state index in [4.69, 9.17) is 7.85 Å². The van der Waals surface area contributed by atoms with E-state index in [9.17, 15) is 4.79 Å². The van der Waals surface area contributed by atoms with E-state index in [1.807, 2.05) is 0 Å². The molecule has 1 aliphatic carbocycles. The van der Waals surface area contributed by atoms with Crippen molar-refractivity contribution in [2.75, 3.05) is 7.11 Å². The van der Waals surface area contributed by atoms with Crippen LogP contribution in [0.2, 0.25) is 0 Å². The number of allylic oxidation sites excluding steroid dienone is 3. The quantitative estimate of drug-likeness (QED) is 0.408. The summed E-state index contributed by atoms with van der Waals surface area (Å²) in [5.74, 6) is -0.256. The molecule has 0 bridgehead atoms. The maximum Gasteiger partial charge on any atom is 0.333 e. The van der Waals surface area contributed by atoms with Crippen LogP contribution in [0.4, 0.5) is 0 Å². The first-order valence-electron chi connectivity index (χ1n) is 3.47. The van der Waals surface area contributed by atoms with E-state index < -0.39 is 0 Å². The fourth-order valence-electron chi connectivity index (χ4n) is 0.955. The fourth-order valence-corrected chi connectivity index (χ4v) is 0.955. The van der Waals surface area contributed by atoms with Gasteiger partial charge in [-0.3, -0.25) is 0 Å². The fraction of sp³-hybridized carbons (Fsp3) is 0.375. The topological polar surface area (TPSA) is 26.3 Å². The van der Waals surface area contributed by atoms with Gasteiger partial charge in [-0.05, 0) is 12.8 Å². The lowest BCUT2D eigenvalue weighted by molar-refractivity contribution is -0.136. The molecule has 3 heteroatoms. The van der Waals surface area contributed by atoms with Gasteiger partial charge in [-0.15, -0.1) is 5.47 Å². The van der Waals surface area contributed by atoms with E-state index >= 15 is 0 Å². The van der Waals surface area contributed by atoms with Gasteiger partial charge in [-0.1, -0.05) is 12.2 Å². The first-order chi connectivity index (χ1) is 5.24. The van der Waals surface area contributed by atoms with Crippen LogP contribution in [0.3, 0.4) is 0 Å². The number of carbonyl (C=O) groups is 1. The highest BCUT2D eigenvalue weighted by atomic mass is 16.5. The predicted molar refractivity (Wildman–Crippen MR) is 43.2 cm³/mol. The molecule has 0 amide bonds. The Morgan fingerprint density at radius 1 is 1.55 bits per heavy atom. The summed E-state index contributed by atoms with van der Waals surface area (Å²) >= 11 is 0. The van der Waals surface area contributed by atoms with Crippen LogP contribution in [0, 0.1) is 0 Å². The molecule has 0 aromatic heterocycles. The SMILES string of the molecule is [B]C1=CC=C(C(=O)OC)CC1. The minimum absolute atomic E-state index is 0.256. The van der Waals surface area contributed by atoms with Crippen molar-refractivity contribution in [3.63, 3.8) is 0 Å². The minimum Gasteiger partial charge on any atom is -0.466 e. The Bertz CT molecular complexity index is 228. The summed E-state index contributed by atoms with van der Waals surface area (Å²) < 4.78 is 4.55. The van der Waals surface area contributed by atoms with E-state index in [1.165, 1.54) is 7.11 Å². The van der Waals surface area contributed by atoms with Gasteiger partial charge in [-0.25, -0.2) is 4.79 Å². The Hall–Kier alpha value is -0.985. The van der Waals surface area contributed by atoms with Crippen LogP contribution in [0.25, 0.3) is 0 Å². The monoisotopic (exact) mass is 148 g/mol. The van der Waals surface area contributed by atoms with E-state index in [1.54, 1.807) is 12.2 Å². The molecule has 0 aromatic carbocycles. The maximum atomic E-state index is 10.9. The average Bonchev–Trinajstić information content (AvgIpc) is 2.05. The smallest absolute Gasteiger partial charge is 0.333 e. The second-order valence-electron chi connectivity index (χ2n) is 2.43. The van der Waals surface area contributed by atoms with E-state index in [-0.39, 0.29) is 5.97 Å². The lowest BCUT2D eigenvalue weighted by atomic mass is 9.86.